The average molecular weight is 413 g/mol. The zero-order valence-electron chi connectivity index (χ0n) is 15.6. The first-order valence-electron chi connectivity index (χ1n) is 8.77. The zero-order chi connectivity index (χ0) is 21.1. The number of nitrogens with two attached hydrogens (primary N) is 1. The number of hydrogen-bond donors (Lipinski definition) is 2. The molecule has 1 aromatic heterocycles. The molecule has 0 radical (unpaired) electrons. The van der Waals surface area contributed by atoms with Crippen LogP contribution in [-0.2, 0) is 14.3 Å². The van der Waals surface area contributed by atoms with Crippen LogP contribution in [-0.4, -0.2) is 41.2 Å². The van der Waals surface area contributed by atoms with Crippen LogP contribution in [0.5, 0.6) is 0 Å². The van der Waals surface area contributed by atoms with E-state index in [1.165, 1.54) is 17.9 Å². The number of nitrogens with zero attached hydrogens (tertiary/aromatic N) is 1. The molecule has 1 aliphatic rings. The lowest BCUT2D eigenvalue weighted by Gasteiger charge is -2.18. The minimum atomic E-state index is -1.08. The number of carbonyl (C=O) groups excluding carboxylic acids is 4. The molecule has 2 heterocycles. The van der Waals surface area contributed by atoms with Crippen molar-refractivity contribution in [3.63, 3.8) is 0 Å². The summed E-state index contributed by atoms with van der Waals surface area (Å²) in [6, 6.07) is 8.58. The molecule has 8 nitrogen and oxygen atoms in total. The van der Waals surface area contributed by atoms with Crippen LogP contribution in [0.4, 0.5) is 5.00 Å². The minimum absolute atomic E-state index is 0.0935. The van der Waals surface area contributed by atoms with Gasteiger partial charge in [-0.3, -0.25) is 19.2 Å². The third-order valence-corrected chi connectivity index (χ3v) is 5.25. The minimum Gasteiger partial charge on any atom is -0.452 e. The van der Waals surface area contributed by atoms with Gasteiger partial charge in [-0.1, -0.05) is 24.8 Å². The van der Waals surface area contributed by atoms with E-state index in [0.717, 1.165) is 16.9 Å². The van der Waals surface area contributed by atoms with Crippen molar-refractivity contribution in [2.24, 2.45) is 5.73 Å². The van der Waals surface area contributed by atoms with Gasteiger partial charge in [0.05, 0.1) is 12.0 Å². The molecule has 0 spiro atoms. The van der Waals surface area contributed by atoms with Crippen molar-refractivity contribution in [3.8, 4) is 0 Å². The second kappa shape index (κ2) is 8.27. The van der Waals surface area contributed by atoms with Crippen molar-refractivity contribution in [2.75, 3.05) is 11.9 Å². The summed E-state index contributed by atoms with van der Waals surface area (Å²) in [6.45, 7) is 5.42. The van der Waals surface area contributed by atoms with Gasteiger partial charge in [0, 0.05) is 23.4 Å². The van der Waals surface area contributed by atoms with E-state index in [9.17, 15) is 19.2 Å². The fourth-order valence-electron chi connectivity index (χ4n) is 2.90. The highest BCUT2D eigenvalue weighted by Crippen LogP contribution is 2.31. The summed E-state index contributed by atoms with van der Waals surface area (Å²) in [4.78, 5) is 49.5. The third kappa shape index (κ3) is 4.19. The molecule has 1 aliphatic heterocycles. The van der Waals surface area contributed by atoms with Crippen molar-refractivity contribution in [1.82, 2.24) is 4.90 Å². The van der Waals surface area contributed by atoms with Gasteiger partial charge in [-0.15, -0.1) is 11.3 Å². The van der Waals surface area contributed by atoms with Crippen molar-refractivity contribution in [3.05, 3.63) is 59.0 Å². The predicted octanol–water partition coefficient (Wildman–Crippen LogP) is 2.23. The van der Waals surface area contributed by atoms with Crippen LogP contribution in [0.3, 0.4) is 0 Å². The molecular formula is C20H19N3O5S. The van der Waals surface area contributed by atoms with E-state index >= 15 is 0 Å². The molecule has 2 aromatic rings. The van der Waals surface area contributed by atoms with E-state index in [1.54, 1.807) is 23.6 Å². The average Bonchev–Trinajstić information content (AvgIpc) is 3.24. The lowest BCUT2D eigenvalue weighted by Crippen LogP contribution is -2.32. The molecular weight excluding hydrogens is 394 g/mol. The Hall–Kier alpha value is -3.46. The summed E-state index contributed by atoms with van der Waals surface area (Å²) in [5.41, 5.74) is 7.23. The Balaban J connectivity index is 1.52. The van der Waals surface area contributed by atoms with Gasteiger partial charge in [0.1, 0.15) is 5.00 Å². The Morgan fingerprint density at radius 1 is 1.24 bits per heavy atom. The summed E-state index contributed by atoms with van der Waals surface area (Å²) >= 11 is 1.14. The van der Waals surface area contributed by atoms with E-state index in [4.69, 9.17) is 10.5 Å². The number of rotatable bonds is 7. The van der Waals surface area contributed by atoms with Crippen LogP contribution in [0.1, 0.15) is 39.6 Å². The van der Waals surface area contributed by atoms with Crippen molar-refractivity contribution in [1.29, 1.82) is 0 Å². The first-order valence-corrected chi connectivity index (χ1v) is 9.65. The Labute approximate surface area is 170 Å². The number of anilines is 1. The monoisotopic (exact) mass is 413 g/mol. The molecule has 1 atom stereocenters. The summed E-state index contributed by atoms with van der Waals surface area (Å²) in [6.07, 6.45) is -1.18. The standard InChI is InChI=1S/C20H19N3O5S/c1-11-13-5-3-4-6-14(13)20(27)23(11)9-7-16(24)28-12(2)18(26)22-19-15(17(21)25)8-10-29-19/h3-6,8,10,12H,1,7,9H2,2H3,(H2,21,25)(H,22,26). The smallest absolute Gasteiger partial charge is 0.308 e. The molecule has 1 aromatic carbocycles. The molecule has 1 unspecified atom stereocenters. The van der Waals surface area contributed by atoms with Gasteiger partial charge >= 0.3 is 5.97 Å². The van der Waals surface area contributed by atoms with Gasteiger partial charge in [-0.2, -0.15) is 0 Å². The topological polar surface area (TPSA) is 119 Å². The van der Waals surface area contributed by atoms with Crippen LogP contribution in [0, 0.1) is 0 Å². The highest BCUT2D eigenvalue weighted by atomic mass is 32.1. The maximum Gasteiger partial charge on any atom is 0.308 e. The molecule has 0 saturated heterocycles. The maximum absolute atomic E-state index is 12.4. The van der Waals surface area contributed by atoms with Crippen molar-refractivity contribution >= 4 is 45.7 Å². The van der Waals surface area contributed by atoms with Gasteiger partial charge in [0.15, 0.2) is 6.10 Å². The van der Waals surface area contributed by atoms with Crippen molar-refractivity contribution in [2.45, 2.75) is 19.4 Å². The molecule has 29 heavy (non-hydrogen) atoms. The van der Waals surface area contributed by atoms with Gasteiger partial charge < -0.3 is 20.7 Å². The Morgan fingerprint density at radius 3 is 2.59 bits per heavy atom. The van der Waals surface area contributed by atoms with Crippen LogP contribution >= 0.6 is 11.3 Å². The summed E-state index contributed by atoms with van der Waals surface area (Å²) in [5.74, 6) is -2.11. The number of fused-ring (bicyclic) bond motifs is 1. The fourth-order valence-corrected chi connectivity index (χ4v) is 3.69. The SMILES string of the molecule is C=C1c2ccccc2C(=O)N1CCC(=O)OC(C)C(=O)Nc1sccc1C(N)=O. The van der Waals surface area contributed by atoms with E-state index < -0.39 is 23.9 Å². The summed E-state index contributed by atoms with van der Waals surface area (Å²) < 4.78 is 5.14. The van der Waals surface area contributed by atoms with E-state index in [2.05, 4.69) is 11.9 Å². The highest BCUT2D eigenvalue weighted by molar-refractivity contribution is 7.14. The number of nitrogens with one attached hydrogen (secondary N) is 1. The normalized spacial score (nSPS) is 13.8. The van der Waals surface area contributed by atoms with E-state index in [0.29, 0.717) is 16.3 Å². The number of ether oxygens (including phenoxy) is 1. The molecule has 150 valence electrons. The second-order valence-corrected chi connectivity index (χ2v) is 7.26. The third-order valence-electron chi connectivity index (χ3n) is 4.42. The molecule has 3 N–H and O–H groups in total. The number of hydrogen-bond acceptors (Lipinski definition) is 6. The quantitative estimate of drug-likeness (QED) is 0.675. The number of carbonyl (C=O) groups is 4. The number of thiophene rings is 1. The molecule has 3 amide bonds. The van der Waals surface area contributed by atoms with Gasteiger partial charge in [0.25, 0.3) is 17.7 Å². The number of primary amides is 1. The van der Waals surface area contributed by atoms with Crippen LogP contribution in [0.2, 0.25) is 0 Å². The Morgan fingerprint density at radius 2 is 1.93 bits per heavy atom. The van der Waals surface area contributed by atoms with Gasteiger partial charge in [0.2, 0.25) is 0 Å². The van der Waals surface area contributed by atoms with Crippen LogP contribution in [0.15, 0.2) is 42.3 Å². The fraction of sp³-hybridized carbons (Fsp3) is 0.200. The van der Waals surface area contributed by atoms with Gasteiger partial charge in [-0.25, -0.2) is 0 Å². The van der Waals surface area contributed by atoms with Crippen molar-refractivity contribution < 1.29 is 23.9 Å². The number of benzene rings is 1. The van der Waals surface area contributed by atoms with E-state index in [1.807, 2.05) is 6.07 Å². The molecule has 0 bridgehead atoms. The molecule has 0 aliphatic carbocycles. The van der Waals surface area contributed by atoms with Crippen LogP contribution in [0.25, 0.3) is 5.70 Å². The lowest BCUT2D eigenvalue weighted by molar-refractivity contribution is -0.153. The first kappa shape index (κ1) is 20.3. The summed E-state index contributed by atoms with van der Waals surface area (Å²) in [7, 11) is 0. The number of amides is 3. The van der Waals surface area contributed by atoms with Crippen LogP contribution < -0.4 is 11.1 Å². The second-order valence-electron chi connectivity index (χ2n) is 6.35. The zero-order valence-corrected chi connectivity index (χ0v) is 16.5. The Kier molecular flexibility index (Phi) is 5.79. The largest absolute Gasteiger partial charge is 0.452 e. The first-order chi connectivity index (χ1) is 13.8. The molecule has 3 rings (SSSR count). The molecule has 0 saturated carbocycles. The highest BCUT2D eigenvalue weighted by Gasteiger charge is 2.31. The molecule has 0 fully saturated rings. The molecule has 9 heteroatoms. The lowest BCUT2D eigenvalue weighted by atomic mass is 10.1. The maximum atomic E-state index is 12.4. The van der Waals surface area contributed by atoms with Gasteiger partial charge in [-0.05, 0) is 24.4 Å². The van der Waals surface area contributed by atoms with E-state index in [-0.39, 0.29) is 24.4 Å². The summed E-state index contributed by atoms with van der Waals surface area (Å²) in [5, 5.41) is 4.43. The number of esters is 1. The predicted molar refractivity (Wildman–Crippen MR) is 108 cm³/mol. The Bertz CT molecular complexity index is 978.